The molecule has 0 aliphatic carbocycles. The maximum atomic E-state index is 11.9. The van der Waals surface area contributed by atoms with E-state index in [0.29, 0.717) is 12.2 Å². The number of thiazole rings is 1. The van der Waals surface area contributed by atoms with Crippen LogP contribution < -0.4 is 15.5 Å². The molecule has 2 amide bonds. The van der Waals surface area contributed by atoms with Crippen LogP contribution in [0.1, 0.15) is 10.7 Å². The van der Waals surface area contributed by atoms with Crippen LogP contribution in [0.3, 0.4) is 0 Å². The van der Waals surface area contributed by atoms with E-state index < -0.39 is 0 Å². The van der Waals surface area contributed by atoms with E-state index in [-0.39, 0.29) is 6.03 Å². The van der Waals surface area contributed by atoms with E-state index in [2.05, 4.69) is 25.5 Å². The molecule has 0 bridgehead atoms. The highest BCUT2D eigenvalue weighted by atomic mass is 32.1. The molecule has 2 aromatic rings. The highest BCUT2D eigenvalue weighted by Gasteiger charge is 2.14. The topological polar surface area (TPSA) is 79.4 Å². The molecule has 0 spiro atoms. The number of urea groups is 1. The van der Waals surface area contributed by atoms with Crippen molar-refractivity contribution in [1.82, 2.24) is 15.3 Å². The van der Waals surface area contributed by atoms with Crippen LogP contribution in [0, 0.1) is 6.92 Å². The summed E-state index contributed by atoms with van der Waals surface area (Å²) in [5, 5.41) is 8.36. The lowest BCUT2D eigenvalue weighted by molar-refractivity contribution is 0.122. The van der Waals surface area contributed by atoms with Gasteiger partial charge < -0.3 is 20.3 Å². The fraction of sp³-hybridized carbons (Fsp3) is 0.400. The Morgan fingerprint density at radius 1 is 1.39 bits per heavy atom. The number of aromatic nitrogens is 2. The fourth-order valence-corrected chi connectivity index (χ4v) is 2.87. The van der Waals surface area contributed by atoms with Gasteiger partial charge in [0.1, 0.15) is 10.8 Å². The third-order valence-corrected chi connectivity index (χ3v) is 4.32. The van der Waals surface area contributed by atoms with Gasteiger partial charge in [-0.25, -0.2) is 14.8 Å². The summed E-state index contributed by atoms with van der Waals surface area (Å²) in [6, 6.07) is 3.55. The third kappa shape index (κ3) is 4.17. The smallest absolute Gasteiger partial charge is 0.319 e. The van der Waals surface area contributed by atoms with Crippen LogP contribution in [0.15, 0.2) is 23.7 Å². The molecule has 23 heavy (non-hydrogen) atoms. The summed E-state index contributed by atoms with van der Waals surface area (Å²) in [6.07, 6.45) is 1.72. The Kier molecular flexibility index (Phi) is 5.04. The molecule has 3 heterocycles. The van der Waals surface area contributed by atoms with Gasteiger partial charge in [0.15, 0.2) is 0 Å². The quantitative estimate of drug-likeness (QED) is 0.895. The molecule has 0 radical (unpaired) electrons. The number of morpholine rings is 1. The molecular formula is C15H19N5O2S. The molecule has 2 aromatic heterocycles. The van der Waals surface area contributed by atoms with Crippen LogP contribution in [0.5, 0.6) is 0 Å². The molecule has 1 fully saturated rings. The molecule has 122 valence electrons. The minimum Gasteiger partial charge on any atom is -0.378 e. The van der Waals surface area contributed by atoms with Gasteiger partial charge in [-0.15, -0.1) is 11.3 Å². The normalized spacial score (nSPS) is 14.6. The first kappa shape index (κ1) is 15.7. The summed E-state index contributed by atoms with van der Waals surface area (Å²) in [4.78, 5) is 22.8. The average molecular weight is 333 g/mol. The first-order chi connectivity index (χ1) is 11.2. The van der Waals surface area contributed by atoms with Crippen molar-refractivity contribution < 1.29 is 9.53 Å². The number of nitrogens with zero attached hydrogens (tertiary/aromatic N) is 3. The second-order valence-electron chi connectivity index (χ2n) is 5.14. The Morgan fingerprint density at radius 2 is 2.22 bits per heavy atom. The maximum Gasteiger partial charge on any atom is 0.319 e. The van der Waals surface area contributed by atoms with Gasteiger partial charge in [0.2, 0.25) is 0 Å². The van der Waals surface area contributed by atoms with Crippen molar-refractivity contribution in [1.29, 1.82) is 0 Å². The van der Waals surface area contributed by atoms with Gasteiger partial charge in [-0.1, -0.05) is 0 Å². The van der Waals surface area contributed by atoms with Crippen molar-refractivity contribution in [2.45, 2.75) is 13.5 Å². The second-order valence-corrected chi connectivity index (χ2v) is 6.11. The maximum absolute atomic E-state index is 11.9. The van der Waals surface area contributed by atoms with Gasteiger partial charge in [0.05, 0.1) is 31.1 Å². The largest absolute Gasteiger partial charge is 0.378 e. The first-order valence-corrected chi connectivity index (χ1v) is 8.34. The number of nitrogens with one attached hydrogen (secondary N) is 2. The van der Waals surface area contributed by atoms with Crippen LogP contribution in [0.4, 0.5) is 16.3 Å². The van der Waals surface area contributed by atoms with Crippen molar-refractivity contribution >= 4 is 28.9 Å². The number of anilines is 2. The van der Waals surface area contributed by atoms with Crippen LogP contribution >= 0.6 is 11.3 Å². The molecule has 0 atom stereocenters. The monoisotopic (exact) mass is 333 g/mol. The summed E-state index contributed by atoms with van der Waals surface area (Å²) >= 11 is 1.51. The number of hydrogen-bond acceptors (Lipinski definition) is 6. The van der Waals surface area contributed by atoms with E-state index in [1.54, 1.807) is 6.20 Å². The standard InChI is InChI=1S/C15H19N5O2S/c1-11-12(19-15(21)17-10-14-16-4-9-23-14)2-3-13(18-11)20-5-7-22-8-6-20/h2-4,9H,5-8,10H2,1H3,(H2,17,19,21). The fourth-order valence-electron chi connectivity index (χ4n) is 2.31. The van der Waals surface area contributed by atoms with Gasteiger partial charge in [-0.3, -0.25) is 0 Å². The van der Waals surface area contributed by atoms with Crippen LogP contribution in [-0.4, -0.2) is 42.3 Å². The highest BCUT2D eigenvalue weighted by molar-refractivity contribution is 7.09. The summed E-state index contributed by atoms with van der Waals surface area (Å²) in [5.74, 6) is 0.916. The second kappa shape index (κ2) is 7.38. The van der Waals surface area contributed by atoms with Crippen molar-refractivity contribution in [2.75, 3.05) is 36.5 Å². The lowest BCUT2D eigenvalue weighted by Gasteiger charge is -2.28. The highest BCUT2D eigenvalue weighted by Crippen LogP contribution is 2.19. The van der Waals surface area contributed by atoms with E-state index in [1.165, 1.54) is 11.3 Å². The summed E-state index contributed by atoms with van der Waals surface area (Å²) in [5.41, 5.74) is 1.50. The van der Waals surface area contributed by atoms with Crippen LogP contribution in [-0.2, 0) is 11.3 Å². The molecule has 0 unspecified atom stereocenters. The van der Waals surface area contributed by atoms with Gasteiger partial charge in [0.25, 0.3) is 0 Å². The summed E-state index contributed by atoms with van der Waals surface area (Å²) in [7, 11) is 0. The minimum atomic E-state index is -0.260. The van der Waals surface area contributed by atoms with E-state index >= 15 is 0 Å². The number of amides is 2. The van der Waals surface area contributed by atoms with Crippen LogP contribution in [0.25, 0.3) is 0 Å². The first-order valence-electron chi connectivity index (χ1n) is 7.46. The number of aryl methyl sites for hydroxylation is 1. The molecule has 1 aliphatic heterocycles. The SMILES string of the molecule is Cc1nc(N2CCOCC2)ccc1NC(=O)NCc1nccs1. The zero-order valence-electron chi connectivity index (χ0n) is 12.9. The Morgan fingerprint density at radius 3 is 2.91 bits per heavy atom. The minimum absolute atomic E-state index is 0.260. The zero-order chi connectivity index (χ0) is 16.1. The van der Waals surface area contributed by atoms with Crippen molar-refractivity contribution in [2.24, 2.45) is 0 Å². The number of rotatable bonds is 4. The molecule has 1 aliphatic rings. The summed E-state index contributed by atoms with van der Waals surface area (Å²) < 4.78 is 5.35. The zero-order valence-corrected chi connectivity index (χ0v) is 13.7. The lowest BCUT2D eigenvalue weighted by atomic mass is 10.3. The van der Waals surface area contributed by atoms with E-state index in [4.69, 9.17) is 4.74 Å². The Bertz CT molecular complexity index is 656. The summed E-state index contributed by atoms with van der Waals surface area (Å²) in [6.45, 7) is 5.43. The van der Waals surface area contributed by atoms with Gasteiger partial charge in [-0.05, 0) is 19.1 Å². The molecule has 8 heteroatoms. The number of ether oxygens (including phenoxy) is 1. The number of hydrogen-bond donors (Lipinski definition) is 2. The molecule has 1 saturated heterocycles. The lowest BCUT2D eigenvalue weighted by Crippen LogP contribution is -2.36. The predicted octanol–water partition coefficient (Wildman–Crippen LogP) is 2.00. The Balaban J connectivity index is 1.58. The van der Waals surface area contributed by atoms with E-state index in [1.807, 2.05) is 24.4 Å². The molecule has 3 rings (SSSR count). The average Bonchev–Trinajstić information content (AvgIpc) is 3.09. The van der Waals surface area contributed by atoms with Crippen LogP contribution in [0.2, 0.25) is 0 Å². The molecular weight excluding hydrogens is 314 g/mol. The van der Waals surface area contributed by atoms with E-state index in [9.17, 15) is 4.79 Å². The number of carbonyl (C=O) groups is 1. The van der Waals surface area contributed by atoms with Gasteiger partial charge in [-0.2, -0.15) is 0 Å². The Labute approximate surface area is 138 Å². The molecule has 0 saturated carbocycles. The van der Waals surface area contributed by atoms with Gasteiger partial charge in [0, 0.05) is 24.7 Å². The number of carbonyl (C=O) groups excluding carboxylic acids is 1. The van der Waals surface area contributed by atoms with Gasteiger partial charge >= 0.3 is 6.03 Å². The third-order valence-electron chi connectivity index (χ3n) is 3.54. The molecule has 7 nitrogen and oxygen atoms in total. The van der Waals surface area contributed by atoms with Crippen molar-refractivity contribution in [3.63, 3.8) is 0 Å². The molecule has 2 N–H and O–H groups in total. The van der Waals surface area contributed by atoms with Crippen molar-refractivity contribution in [3.05, 3.63) is 34.4 Å². The van der Waals surface area contributed by atoms with E-state index in [0.717, 1.165) is 42.8 Å². The number of pyridine rings is 1. The molecule has 0 aromatic carbocycles. The predicted molar refractivity (Wildman–Crippen MR) is 90.0 cm³/mol. The van der Waals surface area contributed by atoms with Crippen molar-refractivity contribution in [3.8, 4) is 0 Å². The Hall–Kier alpha value is -2.19.